The molecule has 7 heteroatoms. The van der Waals surface area contributed by atoms with Gasteiger partial charge in [0, 0.05) is 6.04 Å². The quantitative estimate of drug-likeness (QED) is 0.847. The lowest BCUT2D eigenvalue weighted by Gasteiger charge is -2.19. The van der Waals surface area contributed by atoms with Crippen molar-refractivity contribution in [2.45, 2.75) is 50.7 Å². The van der Waals surface area contributed by atoms with E-state index in [-0.39, 0.29) is 22.6 Å². The Balaban J connectivity index is 2.27. The van der Waals surface area contributed by atoms with Crippen molar-refractivity contribution in [2.75, 3.05) is 0 Å². The zero-order valence-electron chi connectivity index (χ0n) is 12.3. The summed E-state index contributed by atoms with van der Waals surface area (Å²) in [5, 5.41) is 8.05. The minimum Gasteiger partial charge on any atom is -0.479 e. The molecule has 6 nitrogen and oxygen atoms in total. The van der Waals surface area contributed by atoms with Gasteiger partial charge in [-0.15, -0.1) is 0 Å². The first-order valence-electron chi connectivity index (χ1n) is 6.79. The van der Waals surface area contributed by atoms with Gasteiger partial charge in [-0.2, -0.15) is 0 Å². The highest BCUT2D eigenvalue weighted by Gasteiger charge is 2.28. The number of benzene rings is 1. The largest absolute Gasteiger partial charge is 0.479 e. The van der Waals surface area contributed by atoms with Crippen LogP contribution in [0.25, 0.3) is 0 Å². The summed E-state index contributed by atoms with van der Waals surface area (Å²) in [7, 11) is -3.92. The second kappa shape index (κ2) is 5.65. The summed E-state index contributed by atoms with van der Waals surface area (Å²) < 4.78 is 29.0. The Morgan fingerprint density at radius 2 is 2.00 bits per heavy atom. The summed E-state index contributed by atoms with van der Waals surface area (Å²) in [4.78, 5) is 11.8. The Bertz CT molecular complexity index is 666. The van der Waals surface area contributed by atoms with Gasteiger partial charge in [-0.25, -0.2) is 13.6 Å². The van der Waals surface area contributed by atoms with Gasteiger partial charge in [-0.1, -0.05) is 6.07 Å². The van der Waals surface area contributed by atoms with Gasteiger partial charge >= 0.3 is 0 Å². The molecule has 0 heterocycles. The van der Waals surface area contributed by atoms with E-state index in [0.717, 1.165) is 18.4 Å². The topological polar surface area (TPSA) is 98.5 Å². The van der Waals surface area contributed by atoms with E-state index in [4.69, 9.17) is 9.88 Å². The lowest BCUT2D eigenvalue weighted by Crippen LogP contribution is -2.38. The number of hydrogen-bond donors (Lipinski definition) is 2. The minimum absolute atomic E-state index is 0.0916. The molecule has 0 radical (unpaired) electrons. The predicted molar refractivity (Wildman–Crippen MR) is 78.5 cm³/mol. The average Bonchev–Trinajstić information content (AvgIpc) is 3.14. The van der Waals surface area contributed by atoms with Gasteiger partial charge < -0.3 is 10.1 Å². The van der Waals surface area contributed by atoms with E-state index in [1.165, 1.54) is 6.07 Å². The molecule has 2 rings (SSSR count). The van der Waals surface area contributed by atoms with E-state index in [2.05, 4.69) is 5.32 Å². The zero-order valence-corrected chi connectivity index (χ0v) is 13.2. The first-order chi connectivity index (χ1) is 9.68. The van der Waals surface area contributed by atoms with E-state index >= 15 is 0 Å². The number of sulfonamides is 1. The summed E-state index contributed by atoms with van der Waals surface area (Å²) in [6.07, 6.45) is 1.17. The van der Waals surface area contributed by atoms with Crippen molar-refractivity contribution < 1.29 is 17.9 Å². The molecule has 1 saturated carbocycles. The maximum absolute atomic E-state index is 11.9. The van der Waals surface area contributed by atoms with E-state index < -0.39 is 16.1 Å². The van der Waals surface area contributed by atoms with Crippen molar-refractivity contribution in [3.63, 3.8) is 0 Å². The molecule has 1 unspecified atom stereocenters. The molecular weight excluding hydrogens is 292 g/mol. The van der Waals surface area contributed by atoms with Crippen LogP contribution in [-0.4, -0.2) is 26.5 Å². The van der Waals surface area contributed by atoms with Crippen LogP contribution in [-0.2, 0) is 14.8 Å². The SMILES string of the molecule is Cc1cc(C)c(OC(C)C(=O)NC2CC2)c(S(N)(=O)=O)c1. The number of rotatable bonds is 5. The predicted octanol–water partition coefficient (Wildman–Crippen LogP) is 0.997. The monoisotopic (exact) mass is 312 g/mol. The van der Waals surface area contributed by atoms with Crippen LogP contribution in [0.2, 0.25) is 0 Å². The third-order valence-corrected chi connectivity index (χ3v) is 4.20. The highest BCUT2D eigenvalue weighted by Crippen LogP contribution is 2.29. The fourth-order valence-electron chi connectivity index (χ4n) is 2.05. The third-order valence-electron chi connectivity index (χ3n) is 3.28. The van der Waals surface area contributed by atoms with Gasteiger partial charge in [0.1, 0.15) is 10.6 Å². The van der Waals surface area contributed by atoms with Crippen LogP contribution in [0.4, 0.5) is 0 Å². The molecular formula is C14H20N2O4S. The number of hydrogen-bond acceptors (Lipinski definition) is 4. The smallest absolute Gasteiger partial charge is 0.260 e. The number of amides is 1. The number of ether oxygens (including phenoxy) is 1. The second-order valence-electron chi connectivity index (χ2n) is 5.50. The average molecular weight is 312 g/mol. The molecule has 0 aliphatic heterocycles. The fourth-order valence-corrected chi connectivity index (χ4v) is 2.87. The molecule has 1 aromatic rings. The summed E-state index contributed by atoms with van der Waals surface area (Å²) in [5.74, 6) is -0.112. The Labute approximate surface area is 124 Å². The van der Waals surface area contributed by atoms with E-state index in [0.29, 0.717) is 5.56 Å². The Morgan fingerprint density at radius 3 is 2.52 bits per heavy atom. The van der Waals surface area contributed by atoms with Crippen molar-refractivity contribution in [1.82, 2.24) is 5.32 Å². The first kappa shape index (κ1) is 15.8. The highest BCUT2D eigenvalue weighted by molar-refractivity contribution is 7.89. The van der Waals surface area contributed by atoms with Crippen LogP contribution in [0.5, 0.6) is 5.75 Å². The van der Waals surface area contributed by atoms with Crippen molar-refractivity contribution in [2.24, 2.45) is 5.14 Å². The molecule has 1 amide bonds. The summed E-state index contributed by atoms with van der Waals surface area (Å²) in [6, 6.07) is 3.46. The molecule has 1 aliphatic carbocycles. The van der Waals surface area contributed by atoms with Gasteiger partial charge in [0.2, 0.25) is 10.0 Å². The highest BCUT2D eigenvalue weighted by atomic mass is 32.2. The second-order valence-corrected chi connectivity index (χ2v) is 7.03. The molecule has 1 atom stereocenters. The van der Waals surface area contributed by atoms with Crippen LogP contribution in [0.3, 0.4) is 0 Å². The van der Waals surface area contributed by atoms with Crippen LogP contribution in [0.15, 0.2) is 17.0 Å². The summed E-state index contributed by atoms with van der Waals surface area (Å²) in [5.41, 5.74) is 1.39. The van der Waals surface area contributed by atoms with Crippen LogP contribution < -0.4 is 15.2 Å². The van der Waals surface area contributed by atoms with Crippen molar-refractivity contribution in [3.05, 3.63) is 23.3 Å². The van der Waals surface area contributed by atoms with Crippen molar-refractivity contribution in [1.29, 1.82) is 0 Å². The number of primary sulfonamides is 1. The summed E-state index contributed by atoms with van der Waals surface area (Å²) in [6.45, 7) is 5.08. The molecule has 3 N–H and O–H groups in total. The van der Waals surface area contributed by atoms with Crippen molar-refractivity contribution >= 4 is 15.9 Å². The molecule has 0 saturated heterocycles. The van der Waals surface area contributed by atoms with Gasteiger partial charge in [0.15, 0.2) is 6.10 Å². The van der Waals surface area contributed by atoms with Crippen LogP contribution in [0, 0.1) is 13.8 Å². The normalized spacial score (nSPS) is 16.4. The van der Waals surface area contributed by atoms with E-state index in [1.54, 1.807) is 26.8 Å². The van der Waals surface area contributed by atoms with E-state index in [1.807, 2.05) is 0 Å². The van der Waals surface area contributed by atoms with E-state index in [9.17, 15) is 13.2 Å². The molecule has 116 valence electrons. The fraction of sp³-hybridized carbons (Fsp3) is 0.500. The zero-order chi connectivity index (χ0) is 15.8. The van der Waals surface area contributed by atoms with Crippen molar-refractivity contribution in [3.8, 4) is 5.75 Å². The van der Waals surface area contributed by atoms with Crippen LogP contribution >= 0.6 is 0 Å². The maximum atomic E-state index is 11.9. The lowest BCUT2D eigenvalue weighted by molar-refractivity contribution is -0.127. The first-order valence-corrected chi connectivity index (χ1v) is 8.34. The Hall–Kier alpha value is -1.60. The van der Waals surface area contributed by atoms with Gasteiger partial charge in [-0.3, -0.25) is 4.79 Å². The number of nitrogens with one attached hydrogen (secondary N) is 1. The minimum atomic E-state index is -3.92. The molecule has 1 aliphatic rings. The molecule has 21 heavy (non-hydrogen) atoms. The third kappa shape index (κ3) is 3.95. The number of nitrogens with two attached hydrogens (primary N) is 1. The number of aryl methyl sites for hydroxylation is 2. The number of carbonyl (C=O) groups is 1. The Kier molecular flexibility index (Phi) is 4.25. The number of carbonyl (C=O) groups excluding carboxylic acids is 1. The maximum Gasteiger partial charge on any atom is 0.260 e. The molecule has 0 aromatic heterocycles. The van der Waals surface area contributed by atoms with Gasteiger partial charge in [-0.05, 0) is 50.8 Å². The molecule has 1 fully saturated rings. The standard InChI is InChI=1S/C14H20N2O4S/c1-8-6-9(2)13(12(7-8)21(15,18)19)20-10(3)14(17)16-11-4-5-11/h6-7,10-11H,4-5H2,1-3H3,(H,16,17)(H2,15,18,19). The molecule has 0 bridgehead atoms. The van der Waals surface area contributed by atoms with Gasteiger partial charge in [0.05, 0.1) is 0 Å². The summed E-state index contributed by atoms with van der Waals surface area (Å²) >= 11 is 0. The molecule has 0 spiro atoms. The Morgan fingerprint density at radius 1 is 1.38 bits per heavy atom. The van der Waals surface area contributed by atoms with Gasteiger partial charge in [0.25, 0.3) is 5.91 Å². The molecule has 1 aromatic carbocycles. The van der Waals surface area contributed by atoms with Crippen LogP contribution in [0.1, 0.15) is 30.9 Å². The lowest BCUT2D eigenvalue weighted by atomic mass is 10.1.